The largest absolute Gasteiger partial charge is 0.315 e. The van der Waals surface area contributed by atoms with E-state index in [2.05, 4.69) is 48.6 Å². The van der Waals surface area contributed by atoms with Gasteiger partial charge >= 0.3 is 0 Å². The zero-order valence-corrected chi connectivity index (χ0v) is 13.5. The molecule has 0 spiro atoms. The summed E-state index contributed by atoms with van der Waals surface area (Å²) >= 11 is 1.77. The molecule has 1 aromatic rings. The van der Waals surface area contributed by atoms with Gasteiger partial charge < -0.3 is 10.2 Å². The third-order valence-corrected chi connectivity index (χ3v) is 5.69. The average Bonchev–Trinajstić information content (AvgIpc) is 2.90. The molecular formula is C15H27N3S. The molecular weight excluding hydrogens is 254 g/mol. The molecule has 1 heterocycles. The Hall–Kier alpha value is -0.450. The molecule has 3 nitrogen and oxygen atoms in total. The standard InChI is InChI=1S/C15H27N3S/c1-12-5-7-15(8-6-12,18(3)4)13(16-2)11-14-17-9-10-19-14/h9-10,12-13,16H,5-8,11H2,1-4H3. The van der Waals surface area contributed by atoms with E-state index in [1.54, 1.807) is 11.3 Å². The lowest BCUT2D eigenvalue weighted by Gasteiger charge is -2.49. The fourth-order valence-electron chi connectivity index (χ4n) is 3.46. The van der Waals surface area contributed by atoms with Crippen molar-refractivity contribution in [3.63, 3.8) is 0 Å². The fourth-order valence-corrected chi connectivity index (χ4v) is 4.12. The molecule has 0 aromatic carbocycles. The topological polar surface area (TPSA) is 28.2 Å². The Labute approximate surface area is 121 Å². The molecule has 1 N–H and O–H groups in total. The van der Waals surface area contributed by atoms with Crippen molar-refractivity contribution in [1.29, 1.82) is 0 Å². The van der Waals surface area contributed by atoms with Gasteiger partial charge in [0.15, 0.2) is 0 Å². The van der Waals surface area contributed by atoms with E-state index in [1.165, 1.54) is 30.7 Å². The maximum absolute atomic E-state index is 4.46. The number of thiazole rings is 1. The van der Waals surface area contributed by atoms with E-state index >= 15 is 0 Å². The Bertz CT molecular complexity index is 367. The monoisotopic (exact) mass is 281 g/mol. The van der Waals surface area contributed by atoms with Crippen LogP contribution in [0, 0.1) is 5.92 Å². The Morgan fingerprint density at radius 1 is 1.47 bits per heavy atom. The lowest BCUT2D eigenvalue weighted by molar-refractivity contribution is 0.0461. The predicted octanol–water partition coefficient (Wildman–Crippen LogP) is 2.78. The maximum atomic E-state index is 4.46. The fraction of sp³-hybridized carbons (Fsp3) is 0.800. The number of hydrogen-bond donors (Lipinski definition) is 1. The van der Waals surface area contributed by atoms with Crippen LogP contribution in [0.2, 0.25) is 0 Å². The molecule has 0 aliphatic heterocycles. The first-order valence-electron chi connectivity index (χ1n) is 7.31. The van der Waals surface area contributed by atoms with Crippen LogP contribution in [0.1, 0.15) is 37.6 Å². The summed E-state index contributed by atoms with van der Waals surface area (Å²) < 4.78 is 0. The molecule has 0 amide bonds. The van der Waals surface area contributed by atoms with Crippen LogP contribution < -0.4 is 5.32 Å². The van der Waals surface area contributed by atoms with Gasteiger partial charge in [-0.25, -0.2) is 4.98 Å². The number of likely N-dealkylation sites (N-methyl/N-ethyl adjacent to an activating group) is 2. The zero-order valence-electron chi connectivity index (χ0n) is 12.6. The first kappa shape index (κ1) is 14.9. The van der Waals surface area contributed by atoms with Crippen LogP contribution >= 0.6 is 11.3 Å². The first-order valence-corrected chi connectivity index (χ1v) is 8.19. The average molecular weight is 281 g/mol. The molecule has 19 heavy (non-hydrogen) atoms. The van der Waals surface area contributed by atoms with Crippen molar-refractivity contribution in [2.24, 2.45) is 5.92 Å². The van der Waals surface area contributed by atoms with Gasteiger partial charge in [-0.3, -0.25) is 0 Å². The summed E-state index contributed by atoms with van der Waals surface area (Å²) in [6.07, 6.45) is 8.22. The van der Waals surface area contributed by atoms with Gasteiger partial charge in [0.25, 0.3) is 0 Å². The maximum Gasteiger partial charge on any atom is 0.0941 e. The summed E-state index contributed by atoms with van der Waals surface area (Å²) in [4.78, 5) is 6.92. The van der Waals surface area contributed by atoms with Crippen LogP contribution in [0.4, 0.5) is 0 Å². The second-order valence-electron chi connectivity index (χ2n) is 6.15. The number of aromatic nitrogens is 1. The molecule has 108 valence electrons. The van der Waals surface area contributed by atoms with Crippen LogP contribution in [0.5, 0.6) is 0 Å². The molecule has 1 saturated carbocycles. The summed E-state index contributed by atoms with van der Waals surface area (Å²) in [7, 11) is 6.58. The van der Waals surface area contributed by atoms with Crippen molar-refractivity contribution in [3.05, 3.63) is 16.6 Å². The van der Waals surface area contributed by atoms with Crippen molar-refractivity contribution in [2.75, 3.05) is 21.1 Å². The van der Waals surface area contributed by atoms with Gasteiger partial charge in [0.1, 0.15) is 0 Å². The second kappa shape index (κ2) is 6.33. The van der Waals surface area contributed by atoms with Gasteiger partial charge in [0.05, 0.1) is 5.01 Å². The van der Waals surface area contributed by atoms with E-state index in [0.29, 0.717) is 6.04 Å². The van der Waals surface area contributed by atoms with E-state index in [-0.39, 0.29) is 5.54 Å². The summed E-state index contributed by atoms with van der Waals surface area (Å²) in [5, 5.41) is 6.90. The Balaban J connectivity index is 2.16. The van der Waals surface area contributed by atoms with E-state index in [1.807, 2.05) is 6.20 Å². The molecule has 1 aliphatic carbocycles. The van der Waals surface area contributed by atoms with Crippen LogP contribution in [0.15, 0.2) is 11.6 Å². The smallest absolute Gasteiger partial charge is 0.0941 e. The number of nitrogens with zero attached hydrogens (tertiary/aromatic N) is 2. The molecule has 1 aromatic heterocycles. The van der Waals surface area contributed by atoms with Gasteiger partial charge in [-0.1, -0.05) is 6.92 Å². The van der Waals surface area contributed by atoms with Crippen LogP contribution in [0.25, 0.3) is 0 Å². The Morgan fingerprint density at radius 3 is 2.63 bits per heavy atom. The molecule has 1 atom stereocenters. The molecule has 2 rings (SSSR count). The molecule has 1 fully saturated rings. The quantitative estimate of drug-likeness (QED) is 0.899. The van der Waals surface area contributed by atoms with Gasteiger partial charge in [-0.05, 0) is 52.7 Å². The highest BCUT2D eigenvalue weighted by Gasteiger charge is 2.42. The number of rotatable bonds is 5. The minimum Gasteiger partial charge on any atom is -0.315 e. The first-order chi connectivity index (χ1) is 9.08. The van der Waals surface area contributed by atoms with E-state index in [9.17, 15) is 0 Å². The zero-order chi connectivity index (χ0) is 13.9. The Kier molecular flexibility index (Phi) is 4.98. The van der Waals surface area contributed by atoms with Gasteiger partial charge in [-0.2, -0.15) is 0 Å². The van der Waals surface area contributed by atoms with Crippen molar-refractivity contribution >= 4 is 11.3 Å². The van der Waals surface area contributed by atoms with Crippen molar-refractivity contribution in [3.8, 4) is 0 Å². The SMILES string of the molecule is CNC(Cc1nccs1)C1(N(C)C)CCC(C)CC1. The predicted molar refractivity (Wildman–Crippen MR) is 82.7 cm³/mol. The van der Waals surface area contributed by atoms with E-state index in [4.69, 9.17) is 0 Å². The molecule has 1 unspecified atom stereocenters. The minimum atomic E-state index is 0.285. The lowest BCUT2D eigenvalue weighted by Crippen LogP contribution is -2.60. The molecule has 1 aliphatic rings. The van der Waals surface area contributed by atoms with Crippen LogP contribution in [-0.2, 0) is 6.42 Å². The number of hydrogen-bond acceptors (Lipinski definition) is 4. The normalized spacial score (nSPS) is 29.6. The summed E-state index contributed by atoms with van der Waals surface area (Å²) in [5.74, 6) is 0.880. The van der Waals surface area contributed by atoms with Crippen molar-refractivity contribution in [2.45, 2.75) is 50.6 Å². The molecule has 0 radical (unpaired) electrons. The molecule has 0 saturated heterocycles. The third kappa shape index (κ3) is 3.18. The van der Waals surface area contributed by atoms with Gasteiger partial charge in [0, 0.05) is 29.6 Å². The summed E-state index contributed by atoms with van der Waals surface area (Å²) in [6.45, 7) is 2.38. The van der Waals surface area contributed by atoms with Gasteiger partial charge in [-0.15, -0.1) is 11.3 Å². The second-order valence-corrected chi connectivity index (χ2v) is 7.13. The van der Waals surface area contributed by atoms with E-state index in [0.717, 1.165) is 12.3 Å². The molecule has 0 bridgehead atoms. The highest BCUT2D eigenvalue weighted by Crippen LogP contribution is 2.38. The van der Waals surface area contributed by atoms with Crippen molar-refractivity contribution in [1.82, 2.24) is 15.2 Å². The van der Waals surface area contributed by atoms with Gasteiger partial charge in [0.2, 0.25) is 0 Å². The minimum absolute atomic E-state index is 0.285. The summed E-state index contributed by atoms with van der Waals surface area (Å²) in [5.41, 5.74) is 0.285. The highest BCUT2D eigenvalue weighted by atomic mass is 32.1. The molecule has 4 heteroatoms. The third-order valence-electron chi connectivity index (χ3n) is 4.89. The number of nitrogens with one attached hydrogen (secondary N) is 1. The van der Waals surface area contributed by atoms with Crippen molar-refractivity contribution < 1.29 is 0 Å². The lowest BCUT2D eigenvalue weighted by atomic mass is 9.71. The van der Waals surface area contributed by atoms with Crippen LogP contribution in [-0.4, -0.2) is 42.6 Å². The Morgan fingerprint density at radius 2 is 2.16 bits per heavy atom. The summed E-state index contributed by atoms with van der Waals surface area (Å²) in [6, 6.07) is 0.487. The highest BCUT2D eigenvalue weighted by molar-refractivity contribution is 7.09. The van der Waals surface area contributed by atoms with Crippen LogP contribution in [0.3, 0.4) is 0 Å². The van der Waals surface area contributed by atoms with E-state index < -0.39 is 0 Å².